The van der Waals surface area contributed by atoms with Gasteiger partial charge in [0.25, 0.3) is 5.91 Å². The number of carbonyl (C=O) groups is 1. The second kappa shape index (κ2) is 10.6. The first-order chi connectivity index (χ1) is 15.6. The quantitative estimate of drug-likeness (QED) is 0.630. The molecule has 7 nitrogen and oxygen atoms in total. The summed E-state index contributed by atoms with van der Waals surface area (Å²) in [6.07, 6.45) is 2.59. The monoisotopic (exact) mass is 477 g/mol. The summed E-state index contributed by atoms with van der Waals surface area (Å²) in [5.41, 5.74) is 0.952. The number of amides is 1. The summed E-state index contributed by atoms with van der Waals surface area (Å²) in [7, 11) is 1.28. The average molecular weight is 478 g/mol. The Kier molecular flexibility index (Phi) is 8.10. The number of nitrogens with zero attached hydrogens (tertiary/aromatic N) is 2. The van der Waals surface area contributed by atoms with Crippen molar-refractivity contribution in [2.75, 3.05) is 34.3 Å². The highest BCUT2D eigenvalue weighted by atomic mass is 32.2. The van der Waals surface area contributed by atoms with Crippen molar-refractivity contribution in [3.8, 4) is 5.75 Å². The number of sulfonamides is 1. The number of ether oxygens (including phenoxy) is 1. The zero-order valence-corrected chi connectivity index (χ0v) is 20.4. The molecule has 1 amide bonds. The largest absolute Gasteiger partial charge is 0.495 e. The van der Waals surface area contributed by atoms with E-state index in [4.69, 9.17) is 4.74 Å². The highest BCUT2D eigenvalue weighted by Crippen LogP contribution is 2.31. The zero-order chi connectivity index (χ0) is 24.2. The van der Waals surface area contributed by atoms with Gasteiger partial charge in [0.15, 0.2) is 0 Å². The highest BCUT2D eigenvalue weighted by molar-refractivity contribution is 7.89. The van der Waals surface area contributed by atoms with Gasteiger partial charge in [-0.3, -0.25) is 4.79 Å². The summed E-state index contributed by atoms with van der Waals surface area (Å²) in [5.74, 6) is -0.554. The minimum Gasteiger partial charge on any atom is -0.495 e. The predicted molar refractivity (Wildman–Crippen MR) is 125 cm³/mol. The van der Waals surface area contributed by atoms with E-state index in [2.05, 4.69) is 5.32 Å². The maximum atomic E-state index is 13.7. The number of methoxy groups -OCH3 is 1. The molecule has 2 aromatic rings. The fraction of sp³-hybridized carbons (Fsp3) is 0.458. The number of hydrogen-bond donors (Lipinski definition) is 1. The Labute approximate surface area is 195 Å². The lowest BCUT2D eigenvalue weighted by Gasteiger charge is -2.32. The number of nitrogens with one attached hydrogen (secondary N) is 1. The number of likely N-dealkylation sites (N-methyl/N-ethyl adjacent to an activating group) is 1. The normalized spacial score (nSPS) is 18.2. The third-order valence-electron chi connectivity index (χ3n) is 6.07. The number of carbonyl (C=O) groups excluding carboxylic acids is 1. The molecule has 0 unspecified atom stereocenters. The van der Waals surface area contributed by atoms with Crippen molar-refractivity contribution >= 4 is 15.9 Å². The predicted octanol–water partition coefficient (Wildman–Crippen LogP) is 3.43. The Morgan fingerprint density at radius 1 is 1.24 bits per heavy atom. The van der Waals surface area contributed by atoms with E-state index < -0.39 is 15.9 Å². The van der Waals surface area contributed by atoms with Gasteiger partial charge in [0, 0.05) is 24.7 Å². The summed E-state index contributed by atoms with van der Waals surface area (Å²) in [6.45, 7) is 2.57. The number of piperidine rings is 1. The molecule has 0 aromatic heterocycles. The van der Waals surface area contributed by atoms with E-state index in [0.717, 1.165) is 24.8 Å². The smallest absolute Gasteiger partial charge is 0.251 e. The molecule has 1 N–H and O–H groups in total. The van der Waals surface area contributed by atoms with Crippen LogP contribution in [0.1, 0.15) is 48.1 Å². The fourth-order valence-electron chi connectivity index (χ4n) is 4.18. The summed E-state index contributed by atoms with van der Waals surface area (Å²) in [5, 5.41) is 2.85. The van der Waals surface area contributed by atoms with Crippen molar-refractivity contribution < 1.29 is 22.3 Å². The molecule has 0 radical (unpaired) electrons. The van der Waals surface area contributed by atoms with Gasteiger partial charge >= 0.3 is 0 Å². The van der Waals surface area contributed by atoms with E-state index in [0.29, 0.717) is 6.54 Å². The number of halogens is 1. The lowest BCUT2D eigenvalue weighted by molar-refractivity contribution is 0.0941. The first-order valence-corrected chi connectivity index (χ1v) is 12.5. The third-order valence-corrected chi connectivity index (χ3v) is 8.10. The van der Waals surface area contributed by atoms with Crippen LogP contribution in [-0.2, 0) is 10.0 Å². The number of hydrogen-bond acceptors (Lipinski definition) is 5. The molecule has 3 rings (SSSR count). The molecule has 2 atom stereocenters. The van der Waals surface area contributed by atoms with Crippen LogP contribution in [0.5, 0.6) is 5.75 Å². The van der Waals surface area contributed by atoms with Crippen molar-refractivity contribution in [1.29, 1.82) is 0 Å². The van der Waals surface area contributed by atoms with Gasteiger partial charge in [-0.2, -0.15) is 4.31 Å². The minimum absolute atomic E-state index is 0.0132. The van der Waals surface area contributed by atoms with Gasteiger partial charge in [0.1, 0.15) is 16.5 Å². The van der Waals surface area contributed by atoms with Crippen LogP contribution in [0, 0.1) is 5.82 Å². The van der Waals surface area contributed by atoms with Crippen LogP contribution < -0.4 is 10.1 Å². The average Bonchev–Trinajstić information content (AvgIpc) is 2.78. The van der Waals surface area contributed by atoms with Crippen LogP contribution in [-0.4, -0.2) is 63.9 Å². The molecule has 0 spiro atoms. The maximum absolute atomic E-state index is 13.7. The van der Waals surface area contributed by atoms with Gasteiger partial charge in [-0.25, -0.2) is 12.8 Å². The molecule has 33 heavy (non-hydrogen) atoms. The van der Waals surface area contributed by atoms with E-state index in [9.17, 15) is 17.6 Å². The Hall–Kier alpha value is -2.49. The Balaban J connectivity index is 1.84. The first-order valence-electron chi connectivity index (χ1n) is 11.0. The Morgan fingerprint density at radius 3 is 2.64 bits per heavy atom. The van der Waals surface area contributed by atoms with Gasteiger partial charge in [-0.05, 0) is 69.8 Å². The zero-order valence-electron chi connectivity index (χ0n) is 19.5. The molecular weight excluding hydrogens is 445 g/mol. The molecule has 0 saturated carbocycles. The molecule has 1 heterocycles. The lowest BCUT2D eigenvalue weighted by atomic mass is 10.1. The number of rotatable bonds is 8. The van der Waals surface area contributed by atoms with Crippen LogP contribution in [0.15, 0.2) is 47.4 Å². The molecule has 180 valence electrons. The molecule has 1 saturated heterocycles. The van der Waals surface area contributed by atoms with Crippen LogP contribution in [0.2, 0.25) is 0 Å². The molecule has 1 fully saturated rings. The van der Waals surface area contributed by atoms with E-state index in [1.165, 1.54) is 35.7 Å². The summed E-state index contributed by atoms with van der Waals surface area (Å²) < 4.78 is 47.3. The molecule has 0 bridgehead atoms. The van der Waals surface area contributed by atoms with Crippen LogP contribution in [0.3, 0.4) is 0 Å². The second-order valence-corrected chi connectivity index (χ2v) is 10.4. The van der Waals surface area contributed by atoms with Gasteiger partial charge in [-0.1, -0.05) is 18.6 Å². The van der Waals surface area contributed by atoms with E-state index in [-0.39, 0.29) is 40.7 Å². The molecule has 1 aliphatic heterocycles. The van der Waals surface area contributed by atoms with Gasteiger partial charge in [0.2, 0.25) is 10.0 Å². The van der Waals surface area contributed by atoms with Crippen LogP contribution in [0.4, 0.5) is 4.39 Å². The first kappa shape index (κ1) is 25.1. The van der Waals surface area contributed by atoms with E-state index in [1.807, 2.05) is 25.9 Å². The van der Waals surface area contributed by atoms with Crippen molar-refractivity contribution in [2.45, 2.75) is 43.2 Å². The van der Waals surface area contributed by atoms with Crippen molar-refractivity contribution in [1.82, 2.24) is 14.5 Å². The molecule has 9 heteroatoms. The van der Waals surface area contributed by atoms with Gasteiger partial charge in [-0.15, -0.1) is 0 Å². The van der Waals surface area contributed by atoms with E-state index in [1.54, 1.807) is 18.2 Å². The second-order valence-electron chi connectivity index (χ2n) is 8.57. The van der Waals surface area contributed by atoms with E-state index >= 15 is 0 Å². The molecular formula is C24H32FN3O4S. The SMILES string of the molecule is COc1ccc(C(=O)NC[C@H](c2cccc(F)c2)N(C)C)cc1S(=O)(=O)N1CCCC[C@@H]1C. The van der Waals surface area contributed by atoms with Gasteiger partial charge < -0.3 is 15.0 Å². The summed E-state index contributed by atoms with van der Waals surface area (Å²) >= 11 is 0. The van der Waals surface area contributed by atoms with Crippen molar-refractivity contribution in [3.63, 3.8) is 0 Å². The summed E-state index contributed by atoms with van der Waals surface area (Å²) in [6, 6.07) is 10.3. The Bertz CT molecular complexity index is 1090. The number of benzene rings is 2. The molecule has 2 aromatic carbocycles. The lowest BCUT2D eigenvalue weighted by Crippen LogP contribution is -2.42. The molecule has 1 aliphatic rings. The van der Waals surface area contributed by atoms with Crippen molar-refractivity contribution in [3.05, 3.63) is 59.4 Å². The Morgan fingerprint density at radius 2 is 2.00 bits per heavy atom. The highest BCUT2D eigenvalue weighted by Gasteiger charge is 2.33. The van der Waals surface area contributed by atoms with Crippen molar-refractivity contribution in [2.24, 2.45) is 0 Å². The summed E-state index contributed by atoms with van der Waals surface area (Å²) in [4.78, 5) is 14.8. The minimum atomic E-state index is -3.82. The van der Waals surface area contributed by atoms with Crippen LogP contribution in [0.25, 0.3) is 0 Å². The maximum Gasteiger partial charge on any atom is 0.251 e. The standard InChI is InChI=1S/C24H32FN3O4S/c1-17-8-5-6-13-28(17)33(30,31)23-15-19(11-12-22(23)32-4)24(29)26-16-21(27(2)3)18-9-7-10-20(25)14-18/h7,9-12,14-15,17,21H,5-6,8,13,16H2,1-4H3,(H,26,29)/t17-,21+/m0/s1. The van der Waals surface area contributed by atoms with Crippen LogP contribution >= 0.6 is 0 Å². The fourth-order valence-corrected chi connectivity index (χ4v) is 6.06. The van der Waals surface area contributed by atoms with Gasteiger partial charge in [0.05, 0.1) is 13.2 Å². The molecule has 0 aliphatic carbocycles. The topological polar surface area (TPSA) is 79.0 Å². The third kappa shape index (κ3) is 5.72.